The van der Waals surface area contributed by atoms with Crippen LogP contribution in [-0.2, 0) is 16.6 Å². The van der Waals surface area contributed by atoms with E-state index in [0.717, 1.165) is 5.56 Å². The van der Waals surface area contributed by atoms with Crippen molar-refractivity contribution >= 4 is 10.0 Å². The molecule has 1 aromatic rings. The third-order valence-corrected chi connectivity index (χ3v) is 4.47. The van der Waals surface area contributed by atoms with Crippen molar-refractivity contribution in [1.29, 1.82) is 0 Å². The maximum atomic E-state index is 13.4. The highest BCUT2D eigenvalue weighted by atomic mass is 32.2. The second-order valence-corrected chi connectivity index (χ2v) is 6.55. The smallest absolute Gasteiger partial charge is 0.214 e. The highest BCUT2D eigenvalue weighted by Gasteiger charge is 2.12. The van der Waals surface area contributed by atoms with Crippen molar-refractivity contribution in [1.82, 2.24) is 9.62 Å². The van der Waals surface area contributed by atoms with Gasteiger partial charge in [0.15, 0.2) is 11.6 Å². The topological polar surface area (TPSA) is 58.6 Å². The van der Waals surface area contributed by atoms with Crippen LogP contribution in [0.2, 0.25) is 0 Å². The Morgan fingerprint density at radius 1 is 1.37 bits per heavy atom. The minimum Gasteiger partial charge on any atom is -0.494 e. The number of hydrogen-bond donors (Lipinski definition) is 1. The number of nitrogens with zero attached hydrogens (tertiary/aromatic N) is 1. The molecule has 7 heteroatoms. The van der Waals surface area contributed by atoms with Crippen molar-refractivity contribution in [3.8, 4) is 5.75 Å². The molecule has 1 aromatic carbocycles. The molecule has 1 N–H and O–H groups in total. The summed E-state index contributed by atoms with van der Waals surface area (Å²) in [4.78, 5) is 0. The lowest BCUT2D eigenvalue weighted by atomic mass is 10.2. The molecular formula is C12H19FN2O3S. The molecule has 0 heterocycles. The summed E-state index contributed by atoms with van der Waals surface area (Å²) < 4.78 is 42.4. The Kier molecular flexibility index (Phi) is 5.71. The monoisotopic (exact) mass is 290 g/mol. The average molecular weight is 290 g/mol. The molecule has 0 aliphatic carbocycles. The fourth-order valence-electron chi connectivity index (χ4n) is 1.44. The average Bonchev–Trinajstić information content (AvgIpc) is 2.34. The summed E-state index contributed by atoms with van der Waals surface area (Å²) in [5.41, 5.74) is 0.737. The summed E-state index contributed by atoms with van der Waals surface area (Å²) in [5, 5.41) is 2.96. The van der Waals surface area contributed by atoms with Crippen LogP contribution < -0.4 is 10.1 Å². The van der Waals surface area contributed by atoms with Gasteiger partial charge in [-0.1, -0.05) is 6.07 Å². The maximum Gasteiger partial charge on any atom is 0.214 e. The first-order valence-electron chi connectivity index (χ1n) is 5.80. The second-order valence-electron chi connectivity index (χ2n) is 4.24. The fraction of sp³-hybridized carbons (Fsp3) is 0.500. The van der Waals surface area contributed by atoms with E-state index in [9.17, 15) is 12.8 Å². The molecule has 0 amide bonds. The van der Waals surface area contributed by atoms with E-state index in [1.165, 1.54) is 31.6 Å². The predicted octanol–water partition coefficient (Wildman–Crippen LogP) is 0.815. The Labute approximate surface area is 113 Å². The van der Waals surface area contributed by atoms with Crippen molar-refractivity contribution in [3.05, 3.63) is 29.6 Å². The van der Waals surface area contributed by atoms with Gasteiger partial charge in [0, 0.05) is 27.2 Å². The number of benzene rings is 1. The van der Waals surface area contributed by atoms with Crippen molar-refractivity contribution in [2.75, 3.05) is 33.5 Å². The van der Waals surface area contributed by atoms with Gasteiger partial charge < -0.3 is 10.1 Å². The molecule has 0 aliphatic rings. The number of rotatable bonds is 7. The van der Waals surface area contributed by atoms with Gasteiger partial charge in [-0.25, -0.2) is 17.1 Å². The van der Waals surface area contributed by atoms with Crippen LogP contribution in [0, 0.1) is 5.82 Å². The van der Waals surface area contributed by atoms with Crippen LogP contribution in [0.4, 0.5) is 4.39 Å². The summed E-state index contributed by atoms with van der Waals surface area (Å²) in [6.45, 7) is 0.720. The molecule has 0 fully saturated rings. The van der Waals surface area contributed by atoms with Crippen LogP contribution in [0.3, 0.4) is 0 Å². The van der Waals surface area contributed by atoms with Gasteiger partial charge in [0.25, 0.3) is 0 Å². The normalized spacial score (nSPS) is 11.8. The predicted molar refractivity (Wildman–Crippen MR) is 72.1 cm³/mol. The minimum atomic E-state index is -3.19. The van der Waals surface area contributed by atoms with Gasteiger partial charge in [0.1, 0.15) is 0 Å². The Hall–Kier alpha value is -1.18. The van der Waals surface area contributed by atoms with Gasteiger partial charge in [-0.3, -0.25) is 0 Å². The third-order valence-electron chi connectivity index (χ3n) is 2.64. The second kappa shape index (κ2) is 6.83. The summed E-state index contributed by atoms with van der Waals surface area (Å²) in [6, 6.07) is 4.64. The summed E-state index contributed by atoms with van der Waals surface area (Å²) in [7, 11) is 1.20. The largest absolute Gasteiger partial charge is 0.494 e. The Morgan fingerprint density at radius 3 is 2.58 bits per heavy atom. The number of ether oxygens (including phenoxy) is 1. The highest BCUT2D eigenvalue weighted by molar-refractivity contribution is 7.89. The molecule has 0 aromatic heterocycles. The van der Waals surface area contributed by atoms with Crippen molar-refractivity contribution in [3.63, 3.8) is 0 Å². The number of halogens is 1. The molecular weight excluding hydrogens is 271 g/mol. The molecule has 0 unspecified atom stereocenters. The molecule has 0 radical (unpaired) electrons. The third kappa shape index (κ3) is 4.77. The lowest BCUT2D eigenvalue weighted by Crippen LogP contribution is -2.31. The molecule has 0 saturated carbocycles. The number of hydrogen-bond acceptors (Lipinski definition) is 4. The molecule has 0 aliphatic heterocycles. The van der Waals surface area contributed by atoms with Gasteiger partial charge >= 0.3 is 0 Å². The Morgan fingerprint density at radius 2 is 2.05 bits per heavy atom. The zero-order valence-electron chi connectivity index (χ0n) is 11.3. The fourth-order valence-corrected chi connectivity index (χ4v) is 2.20. The van der Waals surface area contributed by atoms with Crippen LogP contribution in [0.15, 0.2) is 18.2 Å². The minimum absolute atomic E-state index is 0.0125. The van der Waals surface area contributed by atoms with E-state index >= 15 is 0 Å². The first-order chi connectivity index (χ1) is 8.86. The van der Waals surface area contributed by atoms with E-state index in [1.807, 2.05) is 0 Å². The quantitative estimate of drug-likeness (QED) is 0.755. The van der Waals surface area contributed by atoms with Crippen molar-refractivity contribution in [2.24, 2.45) is 0 Å². The Balaban J connectivity index is 2.44. The Bertz CT molecular complexity index is 518. The van der Waals surface area contributed by atoms with E-state index in [1.54, 1.807) is 12.1 Å². The zero-order valence-corrected chi connectivity index (χ0v) is 12.1. The van der Waals surface area contributed by atoms with Gasteiger partial charge in [0.2, 0.25) is 10.0 Å². The first-order valence-corrected chi connectivity index (χ1v) is 7.41. The van der Waals surface area contributed by atoms with Gasteiger partial charge in [-0.15, -0.1) is 0 Å². The first kappa shape index (κ1) is 15.9. The lowest BCUT2D eigenvalue weighted by Gasteiger charge is -2.11. The molecule has 108 valence electrons. The van der Waals surface area contributed by atoms with E-state index in [2.05, 4.69) is 5.32 Å². The van der Waals surface area contributed by atoms with Crippen LogP contribution in [0.25, 0.3) is 0 Å². The maximum absolute atomic E-state index is 13.4. The molecule has 0 spiro atoms. The number of sulfonamides is 1. The standard InChI is InChI=1S/C12H19FN2O3S/c1-15(2)19(16,17)7-6-14-9-10-4-5-12(18-3)11(13)8-10/h4-5,8,14H,6-7,9H2,1-3H3. The van der Waals surface area contributed by atoms with E-state index < -0.39 is 15.8 Å². The zero-order chi connectivity index (χ0) is 14.5. The molecule has 0 atom stereocenters. The highest BCUT2D eigenvalue weighted by Crippen LogP contribution is 2.17. The van der Waals surface area contributed by atoms with E-state index in [-0.39, 0.29) is 11.5 Å². The van der Waals surface area contributed by atoms with Crippen LogP contribution in [0.1, 0.15) is 5.56 Å². The van der Waals surface area contributed by atoms with Gasteiger partial charge in [-0.2, -0.15) is 0 Å². The SMILES string of the molecule is COc1ccc(CNCCS(=O)(=O)N(C)C)cc1F. The van der Waals surface area contributed by atoms with E-state index in [4.69, 9.17) is 4.74 Å². The number of nitrogens with one attached hydrogen (secondary N) is 1. The van der Waals surface area contributed by atoms with E-state index in [0.29, 0.717) is 13.1 Å². The van der Waals surface area contributed by atoms with Crippen molar-refractivity contribution < 1.29 is 17.5 Å². The van der Waals surface area contributed by atoms with Crippen LogP contribution in [-0.4, -0.2) is 46.2 Å². The molecule has 0 saturated heterocycles. The van der Waals surface area contributed by atoms with Crippen LogP contribution in [0.5, 0.6) is 5.75 Å². The molecule has 1 rings (SSSR count). The molecule has 5 nitrogen and oxygen atoms in total. The molecule has 19 heavy (non-hydrogen) atoms. The number of methoxy groups -OCH3 is 1. The van der Waals surface area contributed by atoms with Crippen LogP contribution >= 0.6 is 0 Å². The molecule has 0 bridgehead atoms. The van der Waals surface area contributed by atoms with Crippen molar-refractivity contribution in [2.45, 2.75) is 6.54 Å². The summed E-state index contributed by atoms with van der Waals surface area (Å²) in [5.74, 6) is -0.222. The summed E-state index contributed by atoms with van der Waals surface area (Å²) >= 11 is 0. The van der Waals surface area contributed by atoms with Gasteiger partial charge in [-0.05, 0) is 17.7 Å². The van der Waals surface area contributed by atoms with Gasteiger partial charge in [0.05, 0.1) is 12.9 Å². The lowest BCUT2D eigenvalue weighted by molar-refractivity contribution is 0.386. The summed E-state index contributed by atoms with van der Waals surface area (Å²) in [6.07, 6.45) is 0.